The van der Waals surface area contributed by atoms with Crippen molar-refractivity contribution in [2.24, 2.45) is 5.41 Å². The zero-order chi connectivity index (χ0) is 45.1. The molecule has 1 aliphatic heterocycles. The molecular weight excluding hydrogens is 813 g/mol. The molecule has 15 nitrogen and oxygen atoms in total. The number of hydrogen-bond acceptors (Lipinski definition) is 9. The average molecular weight is 871 g/mol. The van der Waals surface area contributed by atoms with Crippen LogP contribution in [0.5, 0.6) is 0 Å². The molecule has 3 atom stereocenters. The number of aromatic nitrogens is 4. The average Bonchev–Trinajstić information content (AvgIpc) is 4.15. The lowest BCUT2D eigenvalue weighted by Gasteiger charge is -2.27. The Balaban J connectivity index is 1.03. The highest BCUT2D eigenvalue weighted by molar-refractivity contribution is 5.88. The van der Waals surface area contributed by atoms with E-state index in [1.165, 1.54) is 61.5 Å². The third-order valence-electron chi connectivity index (χ3n) is 13.7. The van der Waals surface area contributed by atoms with Gasteiger partial charge in [-0.2, -0.15) is 0 Å². The summed E-state index contributed by atoms with van der Waals surface area (Å²) in [5.41, 5.74) is 9.67. The first-order chi connectivity index (χ1) is 30.9. The van der Waals surface area contributed by atoms with Crippen molar-refractivity contribution >= 4 is 34.9 Å². The lowest BCUT2D eigenvalue weighted by Crippen LogP contribution is -2.49. The molecular formula is C49H58N8O7. The van der Waals surface area contributed by atoms with Gasteiger partial charge in [0.1, 0.15) is 24.2 Å². The van der Waals surface area contributed by atoms with Crippen molar-refractivity contribution in [3.05, 3.63) is 93.9 Å². The van der Waals surface area contributed by atoms with E-state index in [0.29, 0.717) is 36.1 Å². The van der Waals surface area contributed by atoms with Gasteiger partial charge in [-0.1, -0.05) is 68.7 Å². The van der Waals surface area contributed by atoms with E-state index in [1.807, 2.05) is 30.2 Å². The highest BCUT2D eigenvalue weighted by Crippen LogP contribution is 2.53. The summed E-state index contributed by atoms with van der Waals surface area (Å²) in [5.74, 6) is 0.758. The van der Waals surface area contributed by atoms with Gasteiger partial charge in [0, 0.05) is 26.1 Å². The van der Waals surface area contributed by atoms with Crippen LogP contribution in [0.4, 0.5) is 9.59 Å². The molecule has 64 heavy (non-hydrogen) atoms. The van der Waals surface area contributed by atoms with Gasteiger partial charge in [-0.05, 0) is 108 Å². The van der Waals surface area contributed by atoms with Crippen LogP contribution in [0.2, 0.25) is 0 Å². The van der Waals surface area contributed by atoms with Gasteiger partial charge in [0.15, 0.2) is 0 Å². The predicted octanol–water partition coefficient (Wildman–Crippen LogP) is 7.24. The Morgan fingerprint density at radius 1 is 0.906 bits per heavy atom. The van der Waals surface area contributed by atoms with Crippen LogP contribution < -0.4 is 16.2 Å². The second-order valence-corrected chi connectivity index (χ2v) is 17.7. The van der Waals surface area contributed by atoms with Crippen molar-refractivity contribution < 1.29 is 28.7 Å². The first-order valence-electron chi connectivity index (χ1n) is 22.5. The number of H-pyrrole nitrogens is 2. The summed E-state index contributed by atoms with van der Waals surface area (Å²) >= 11 is 0. The van der Waals surface area contributed by atoms with Crippen molar-refractivity contribution in [3.8, 4) is 33.5 Å². The summed E-state index contributed by atoms with van der Waals surface area (Å²) in [5, 5.41) is 5.50. The lowest BCUT2D eigenvalue weighted by molar-refractivity contribution is -0.133. The second-order valence-electron chi connectivity index (χ2n) is 17.7. The number of likely N-dealkylation sites (tertiary alicyclic amines) is 1. The fourth-order valence-electron chi connectivity index (χ4n) is 10.3. The van der Waals surface area contributed by atoms with E-state index in [0.717, 1.165) is 65.9 Å². The van der Waals surface area contributed by atoms with Crippen LogP contribution in [-0.4, -0.2) is 100 Å². The number of benzene rings is 3. The minimum Gasteiger partial charge on any atom is -0.453 e. The van der Waals surface area contributed by atoms with E-state index < -0.39 is 24.3 Å². The van der Waals surface area contributed by atoms with Crippen LogP contribution in [0.15, 0.2) is 65.6 Å². The number of likely N-dealkylation sites (N-methyl/N-ethyl adjacent to an activating group) is 1. The summed E-state index contributed by atoms with van der Waals surface area (Å²) in [4.78, 5) is 82.7. The third kappa shape index (κ3) is 8.97. The highest BCUT2D eigenvalue weighted by Gasteiger charge is 2.42. The molecule has 3 aromatic carbocycles. The Bertz CT molecular complexity index is 2610. The molecule has 3 aliphatic rings. The van der Waals surface area contributed by atoms with E-state index in [9.17, 15) is 24.0 Å². The topological polar surface area (TPSA) is 192 Å². The Hall–Kier alpha value is -6.51. The van der Waals surface area contributed by atoms with Gasteiger partial charge in [-0.25, -0.2) is 19.6 Å². The summed E-state index contributed by atoms with van der Waals surface area (Å²) in [7, 11) is 4.17. The Kier molecular flexibility index (Phi) is 12.9. The van der Waals surface area contributed by atoms with Crippen molar-refractivity contribution in [2.75, 3.05) is 34.4 Å². The van der Waals surface area contributed by atoms with Crippen molar-refractivity contribution in [3.63, 3.8) is 0 Å². The maximum absolute atomic E-state index is 13.8. The molecule has 4 N–H and O–H groups in total. The van der Waals surface area contributed by atoms with E-state index >= 15 is 0 Å². The van der Waals surface area contributed by atoms with Crippen LogP contribution in [0.3, 0.4) is 0 Å². The number of ether oxygens (including phenoxy) is 2. The summed E-state index contributed by atoms with van der Waals surface area (Å²) in [6, 6.07) is 17.8. The zero-order valence-electron chi connectivity index (χ0n) is 37.3. The molecule has 3 unspecified atom stereocenters. The smallest absolute Gasteiger partial charge is 0.407 e. The summed E-state index contributed by atoms with van der Waals surface area (Å²) in [6.45, 7) is 4.08. The Morgan fingerprint density at radius 3 is 2.27 bits per heavy atom. The van der Waals surface area contributed by atoms with Gasteiger partial charge >= 0.3 is 12.2 Å². The third-order valence-corrected chi connectivity index (χ3v) is 13.7. The van der Waals surface area contributed by atoms with Crippen molar-refractivity contribution in [1.82, 2.24) is 40.4 Å². The number of hydrogen-bond donors (Lipinski definition) is 4. The van der Waals surface area contributed by atoms with E-state index in [-0.39, 0.29) is 35.4 Å². The maximum Gasteiger partial charge on any atom is 0.407 e. The summed E-state index contributed by atoms with van der Waals surface area (Å²) in [6.07, 6.45) is 11.1. The molecule has 4 amide bonds. The van der Waals surface area contributed by atoms with E-state index in [2.05, 4.69) is 72.5 Å². The van der Waals surface area contributed by atoms with Crippen LogP contribution in [0.25, 0.3) is 44.4 Å². The standard InChI is InChI=1S/C49H58N8O7/c1-6-10-41(56(3)43(58)28-51-47(61)63-4)44-54-39-19-16-32(23-36(39)45(59)55-44)35-18-17-34(37-25-49(26-38(35)37)20-7-8-21-49)30-12-14-31(15-13-30)40-27-50-42(53-40)24-33-11-9-22-57(33)46(60)29(2)52-48(62)64-5/h12-19,23,27,29,33,41H,6-11,20-22,24-26,28H2,1-5H3,(H,50,53)(H,51,61)(H,52,62)(H,54,55,59). The molecule has 1 saturated heterocycles. The van der Waals surface area contributed by atoms with Crippen LogP contribution >= 0.6 is 0 Å². The van der Waals surface area contributed by atoms with Crippen LogP contribution in [-0.2, 0) is 38.3 Å². The fourth-order valence-corrected chi connectivity index (χ4v) is 10.3. The quantitative estimate of drug-likeness (QED) is 0.0945. The van der Waals surface area contributed by atoms with E-state index in [4.69, 9.17) is 9.97 Å². The molecule has 2 aromatic heterocycles. The van der Waals surface area contributed by atoms with Gasteiger partial charge < -0.3 is 39.9 Å². The number of nitrogens with zero attached hydrogens (tertiary/aromatic N) is 4. The number of nitrogens with one attached hydrogen (secondary N) is 4. The molecule has 1 saturated carbocycles. The number of carbonyl (C=O) groups is 4. The molecule has 1 spiro atoms. The van der Waals surface area contributed by atoms with Crippen LogP contribution in [0, 0.1) is 5.41 Å². The molecule has 8 rings (SSSR count). The molecule has 5 aromatic rings. The summed E-state index contributed by atoms with van der Waals surface area (Å²) < 4.78 is 9.28. The van der Waals surface area contributed by atoms with Gasteiger partial charge in [0.05, 0.1) is 43.1 Å². The van der Waals surface area contributed by atoms with Gasteiger partial charge in [0.25, 0.3) is 5.56 Å². The highest BCUT2D eigenvalue weighted by atomic mass is 16.5. The number of alkyl carbamates (subject to hydrolysis) is 2. The molecule has 15 heteroatoms. The van der Waals surface area contributed by atoms with Gasteiger partial charge in [-0.3, -0.25) is 14.4 Å². The van der Waals surface area contributed by atoms with Crippen molar-refractivity contribution in [2.45, 2.75) is 103 Å². The first-order valence-corrected chi connectivity index (χ1v) is 22.5. The molecule has 0 radical (unpaired) electrons. The molecule has 2 aliphatic carbocycles. The van der Waals surface area contributed by atoms with Gasteiger partial charge in [0.2, 0.25) is 11.8 Å². The van der Waals surface area contributed by atoms with Crippen molar-refractivity contribution in [1.29, 1.82) is 0 Å². The lowest BCUT2D eigenvalue weighted by atomic mass is 9.82. The number of aromatic amines is 2. The molecule has 3 heterocycles. The zero-order valence-corrected chi connectivity index (χ0v) is 37.3. The number of fused-ring (bicyclic) bond motifs is 2. The SMILES string of the molecule is CCCC(c1nc2ccc(-c3ccc(-c4ccc(-c5cnc(CC6CCCN6C(=O)C(C)NC(=O)OC)[nH]5)cc4)c4c3CC3(CCCC3)C4)cc2c(=O)[nH]1)N(C)C(=O)CNC(=O)OC. The number of amides is 4. The van der Waals surface area contributed by atoms with E-state index in [1.54, 1.807) is 14.0 Å². The number of rotatable bonds is 13. The molecule has 0 bridgehead atoms. The predicted molar refractivity (Wildman–Crippen MR) is 243 cm³/mol. The largest absolute Gasteiger partial charge is 0.453 e. The first kappa shape index (κ1) is 44.1. The minimum atomic E-state index is -0.694. The minimum absolute atomic E-state index is 0.0113. The normalized spacial score (nSPS) is 17.3. The maximum atomic E-state index is 13.8. The number of imidazole rings is 1. The monoisotopic (exact) mass is 870 g/mol. The Labute approximate surface area is 372 Å². The second kappa shape index (κ2) is 18.7. The van der Waals surface area contributed by atoms with Gasteiger partial charge in [-0.15, -0.1) is 0 Å². The molecule has 2 fully saturated rings. The number of methoxy groups -OCH3 is 2. The fraction of sp³-hybridized carbons (Fsp3) is 0.449. The number of carbonyl (C=O) groups excluding carboxylic acids is 4. The Morgan fingerprint density at radius 2 is 1.58 bits per heavy atom. The van der Waals surface area contributed by atoms with Crippen LogP contribution in [0.1, 0.15) is 94.0 Å². The molecule has 336 valence electrons.